The number of hydrogen-bond acceptors (Lipinski definition) is 3. The van der Waals surface area contributed by atoms with Crippen molar-refractivity contribution in [3.63, 3.8) is 0 Å². The number of benzene rings is 1. The largest absolute Gasteiger partial charge is 0.347 e. The van der Waals surface area contributed by atoms with Crippen LogP contribution in [-0.4, -0.2) is 29.0 Å². The third-order valence-electron chi connectivity index (χ3n) is 3.50. The molecule has 0 aliphatic carbocycles. The standard InChI is InChI=1S/C14H16N4O/c1-18(10-5-3-2-4-6-10)14(19)12-7-11-13(8-15-12)17-9-16-11/h2-6,9,12,15H,7-8H2,1H3,(H,16,17). The SMILES string of the molecule is CN(C(=O)C1Cc2nc[nH]c2CN1)c1ccccc1. The first-order valence-electron chi connectivity index (χ1n) is 6.33. The molecule has 0 bridgehead atoms. The summed E-state index contributed by atoms with van der Waals surface area (Å²) in [5.41, 5.74) is 2.96. The van der Waals surface area contributed by atoms with Crippen molar-refractivity contribution in [1.82, 2.24) is 15.3 Å². The summed E-state index contributed by atoms with van der Waals surface area (Å²) in [6.07, 6.45) is 2.31. The second-order valence-electron chi connectivity index (χ2n) is 4.70. The van der Waals surface area contributed by atoms with Crippen LogP contribution >= 0.6 is 0 Å². The molecule has 0 radical (unpaired) electrons. The maximum atomic E-state index is 12.5. The van der Waals surface area contributed by atoms with Crippen LogP contribution in [0.15, 0.2) is 36.7 Å². The predicted octanol–water partition coefficient (Wildman–Crippen LogP) is 1.09. The summed E-state index contributed by atoms with van der Waals surface area (Å²) in [7, 11) is 1.80. The fraction of sp³-hybridized carbons (Fsp3) is 0.286. The van der Waals surface area contributed by atoms with Gasteiger partial charge in [0.15, 0.2) is 0 Å². The minimum absolute atomic E-state index is 0.0693. The van der Waals surface area contributed by atoms with Gasteiger partial charge in [0.25, 0.3) is 0 Å². The van der Waals surface area contributed by atoms with E-state index in [-0.39, 0.29) is 11.9 Å². The van der Waals surface area contributed by atoms with E-state index in [2.05, 4.69) is 15.3 Å². The number of anilines is 1. The molecular formula is C14H16N4O. The van der Waals surface area contributed by atoms with Gasteiger partial charge >= 0.3 is 0 Å². The van der Waals surface area contributed by atoms with Crippen molar-refractivity contribution in [3.05, 3.63) is 48.0 Å². The number of rotatable bonds is 2. The number of H-pyrrole nitrogens is 1. The lowest BCUT2D eigenvalue weighted by molar-refractivity contribution is -0.120. The van der Waals surface area contributed by atoms with Crippen LogP contribution in [0.5, 0.6) is 0 Å². The van der Waals surface area contributed by atoms with Gasteiger partial charge in [0.05, 0.1) is 23.8 Å². The molecule has 5 heteroatoms. The second-order valence-corrected chi connectivity index (χ2v) is 4.70. The lowest BCUT2D eigenvalue weighted by Gasteiger charge is -2.27. The smallest absolute Gasteiger partial charge is 0.244 e. The van der Waals surface area contributed by atoms with E-state index in [1.165, 1.54) is 0 Å². The summed E-state index contributed by atoms with van der Waals surface area (Å²) in [6, 6.07) is 9.46. The lowest BCUT2D eigenvalue weighted by Crippen LogP contribution is -2.48. The number of imidazole rings is 1. The maximum absolute atomic E-state index is 12.5. The number of para-hydroxylation sites is 1. The quantitative estimate of drug-likeness (QED) is 0.845. The van der Waals surface area contributed by atoms with Gasteiger partial charge in [0.2, 0.25) is 5.91 Å². The van der Waals surface area contributed by atoms with Crippen molar-refractivity contribution in [3.8, 4) is 0 Å². The Morgan fingerprint density at radius 1 is 1.37 bits per heavy atom. The van der Waals surface area contributed by atoms with Crippen LogP contribution in [-0.2, 0) is 17.8 Å². The van der Waals surface area contributed by atoms with E-state index in [1.807, 2.05) is 30.3 Å². The summed E-state index contributed by atoms with van der Waals surface area (Å²) >= 11 is 0. The van der Waals surface area contributed by atoms with Crippen LogP contribution in [0.1, 0.15) is 11.4 Å². The average molecular weight is 256 g/mol. The van der Waals surface area contributed by atoms with Crippen LogP contribution in [0, 0.1) is 0 Å². The molecule has 0 spiro atoms. The molecule has 98 valence electrons. The van der Waals surface area contributed by atoms with Crippen LogP contribution < -0.4 is 10.2 Å². The third-order valence-corrected chi connectivity index (χ3v) is 3.50. The van der Waals surface area contributed by atoms with Gasteiger partial charge in [-0.1, -0.05) is 18.2 Å². The van der Waals surface area contributed by atoms with Crippen molar-refractivity contribution in [2.24, 2.45) is 0 Å². The number of aromatic nitrogens is 2. The molecule has 1 aliphatic rings. The minimum Gasteiger partial charge on any atom is -0.347 e. The predicted molar refractivity (Wildman–Crippen MR) is 72.8 cm³/mol. The molecule has 2 heterocycles. The van der Waals surface area contributed by atoms with Crippen LogP contribution in [0.2, 0.25) is 0 Å². The van der Waals surface area contributed by atoms with Gasteiger partial charge in [-0.2, -0.15) is 0 Å². The van der Waals surface area contributed by atoms with Gasteiger partial charge in [-0.15, -0.1) is 0 Å². The fourth-order valence-electron chi connectivity index (χ4n) is 2.36. The number of likely N-dealkylation sites (N-methyl/N-ethyl adjacent to an activating group) is 1. The Kier molecular flexibility index (Phi) is 3.05. The second kappa shape index (κ2) is 4.85. The van der Waals surface area contributed by atoms with E-state index in [4.69, 9.17) is 0 Å². The van der Waals surface area contributed by atoms with E-state index >= 15 is 0 Å². The number of amides is 1. The van der Waals surface area contributed by atoms with Gasteiger partial charge in [-0.25, -0.2) is 4.98 Å². The molecule has 1 unspecified atom stereocenters. The molecule has 0 saturated carbocycles. The zero-order valence-electron chi connectivity index (χ0n) is 10.8. The molecule has 1 aromatic heterocycles. The minimum atomic E-state index is -0.207. The first kappa shape index (κ1) is 11.9. The number of carbonyl (C=O) groups excluding carboxylic acids is 1. The molecule has 1 aliphatic heterocycles. The first-order valence-corrected chi connectivity index (χ1v) is 6.33. The number of carbonyl (C=O) groups is 1. The van der Waals surface area contributed by atoms with Crippen LogP contribution in [0.4, 0.5) is 5.69 Å². The molecule has 1 aromatic carbocycles. The first-order chi connectivity index (χ1) is 9.25. The Hall–Kier alpha value is -2.14. The van der Waals surface area contributed by atoms with E-state index in [9.17, 15) is 4.79 Å². The molecule has 0 fully saturated rings. The molecule has 2 N–H and O–H groups in total. The number of hydrogen-bond donors (Lipinski definition) is 2. The molecule has 1 atom stereocenters. The van der Waals surface area contributed by atoms with Crippen molar-refractivity contribution in [2.75, 3.05) is 11.9 Å². The summed E-state index contributed by atoms with van der Waals surface area (Å²) < 4.78 is 0. The molecule has 2 aromatic rings. The van der Waals surface area contributed by atoms with Crippen LogP contribution in [0.3, 0.4) is 0 Å². The summed E-state index contributed by atoms with van der Waals surface area (Å²) in [5, 5.41) is 3.25. The Balaban J connectivity index is 1.75. The van der Waals surface area contributed by atoms with E-state index < -0.39 is 0 Å². The number of nitrogens with one attached hydrogen (secondary N) is 2. The molecule has 5 nitrogen and oxygen atoms in total. The van der Waals surface area contributed by atoms with Crippen molar-refractivity contribution in [2.45, 2.75) is 19.0 Å². The monoisotopic (exact) mass is 256 g/mol. The Morgan fingerprint density at radius 3 is 2.95 bits per heavy atom. The van der Waals surface area contributed by atoms with Gasteiger partial charge < -0.3 is 9.88 Å². The highest BCUT2D eigenvalue weighted by Crippen LogP contribution is 2.17. The Labute approximate surface area is 111 Å². The normalized spacial score (nSPS) is 17.8. The Morgan fingerprint density at radius 2 is 2.16 bits per heavy atom. The van der Waals surface area contributed by atoms with Crippen molar-refractivity contribution in [1.29, 1.82) is 0 Å². The molecule has 1 amide bonds. The molecule has 0 saturated heterocycles. The highest BCUT2D eigenvalue weighted by molar-refractivity contribution is 5.96. The van der Waals surface area contributed by atoms with Gasteiger partial charge in [-0.05, 0) is 12.1 Å². The topological polar surface area (TPSA) is 61.0 Å². The van der Waals surface area contributed by atoms with Crippen LogP contribution in [0.25, 0.3) is 0 Å². The zero-order chi connectivity index (χ0) is 13.2. The highest BCUT2D eigenvalue weighted by atomic mass is 16.2. The molecular weight excluding hydrogens is 240 g/mol. The fourth-order valence-corrected chi connectivity index (χ4v) is 2.36. The van der Waals surface area contributed by atoms with Crippen molar-refractivity contribution < 1.29 is 4.79 Å². The van der Waals surface area contributed by atoms with Gasteiger partial charge in [0.1, 0.15) is 0 Å². The summed E-state index contributed by atoms with van der Waals surface area (Å²) in [5.74, 6) is 0.0693. The van der Waals surface area contributed by atoms with E-state index in [0.717, 1.165) is 17.1 Å². The van der Waals surface area contributed by atoms with E-state index in [0.29, 0.717) is 13.0 Å². The van der Waals surface area contributed by atoms with Crippen molar-refractivity contribution >= 4 is 11.6 Å². The van der Waals surface area contributed by atoms with Gasteiger partial charge in [0, 0.05) is 25.7 Å². The number of fused-ring (bicyclic) bond motifs is 1. The average Bonchev–Trinajstić information content (AvgIpc) is 2.94. The third kappa shape index (κ3) is 2.24. The number of aromatic amines is 1. The molecule has 19 heavy (non-hydrogen) atoms. The van der Waals surface area contributed by atoms with E-state index in [1.54, 1.807) is 18.3 Å². The zero-order valence-corrected chi connectivity index (χ0v) is 10.8. The number of nitrogens with zero attached hydrogens (tertiary/aromatic N) is 2. The highest BCUT2D eigenvalue weighted by Gasteiger charge is 2.28. The summed E-state index contributed by atoms with van der Waals surface area (Å²) in [6.45, 7) is 0.661. The lowest BCUT2D eigenvalue weighted by atomic mass is 10.0. The Bertz CT molecular complexity index is 578. The van der Waals surface area contributed by atoms with Gasteiger partial charge in [-0.3, -0.25) is 10.1 Å². The summed E-state index contributed by atoms with van der Waals surface area (Å²) in [4.78, 5) is 21.5. The molecule has 3 rings (SSSR count). The maximum Gasteiger partial charge on any atom is 0.244 e.